The Bertz CT molecular complexity index is 532. The second-order valence-electron chi connectivity index (χ2n) is 3.74. The summed E-state index contributed by atoms with van der Waals surface area (Å²) in [4.78, 5) is 0. The van der Waals surface area contributed by atoms with Crippen LogP contribution in [-0.2, 0) is 10.0 Å². The summed E-state index contributed by atoms with van der Waals surface area (Å²) in [6, 6.07) is 1.29. The normalized spacial score (nSPS) is 19.3. The fourth-order valence-corrected chi connectivity index (χ4v) is 3.62. The van der Waals surface area contributed by atoms with Crippen molar-refractivity contribution in [1.29, 1.82) is 0 Å². The Morgan fingerprint density at radius 1 is 1.41 bits per heavy atom. The van der Waals surface area contributed by atoms with Gasteiger partial charge in [0.25, 0.3) is 10.0 Å². The van der Waals surface area contributed by atoms with E-state index in [1.165, 1.54) is 6.07 Å². The summed E-state index contributed by atoms with van der Waals surface area (Å²) in [7, 11) is -4.31. The minimum absolute atomic E-state index is 0.0861. The fourth-order valence-electron chi connectivity index (χ4n) is 1.34. The van der Waals surface area contributed by atoms with E-state index < -0.39 is 26.8 Å². The number of nitrogens with one attached hydrogen (secondary N) is 1. The van der Waals surface area contributed by atoms with Crippen LogP contribution >= 0.6 is 15.9 Å². The van der Waals surface area contributed by atoms with Crippen molar-refractivity contribution in [1.82, 2.24) is 4.72 Å². The smallest absolute Gasteiger partial charge is 0.407 e. The third-order valence-electron chi connectivity index (χ3n) is 2.45. The van der Waals surface area contributed by atoms with Gasteiger partial charge in [-0.05, 0) is 34.8 Å². The van der Waals surface area contributed by atoms with E-state index in [0.29, 0.717) is 0 Å². The summed E-state index contributed by atoms with van der Waals surface area (Å²) in [6.45, 7) is 0. The summed E-state index contributed by atoms with van der Waals surface area (Å²) in [6.07, 6.45) is -4.03. The van der Waals surface area contributed by atoms with Gasteiger partial charge in [-0.25, -0.2) is 8.42 Å². The maximum Gasteiger partial charge on any atom is 0.407 e. The topological polar surface area (TPSA) is 59.3 Å². The molecule has 4 nitrogen and oxygen atoms in total. The van der Waals surface area contributed by atoms with Crippen molar-refractivity contribution in [3.05, 3.63) is 16.8 Å². The molecule has 17 heavy (non-hydrogen) atoms. The third-order valence-corrected chi connectivity index (χ3v) is 4.80. The minimum Gasteiger partial charge on any atom is -0.451 e. The standard InChI is InChI=1S/C8H7BrF3NO3S/c9-5-1-4-16-6(5)17(14,15)13-7(2-3-7)8(10,11)12/h1,4,13H,2-3H2. The van der Waals surface area contributed by atoms with Crippen molar-refractivity contribution in [2.24, 2.45) is 0 Å². The molecule has 9 heteroatoms. The average Bonchev–Trinajstić information content (AvgIpc) is 2.79. The highest BCUT2D eigenvalue weighted by atomic mass is 79.9. The maximum absolute atomic E-state index is 12.6. The zero-order valence-electron chi connectivity index (χ0n) is 8.21. The van der Waals surface area contributed by atoms with Gasteiger partial charge in [0.2, 0.25) is 5.09 Å². The van der Waals surface area contributed by atoms with Gasteiger partial charge < -0.3 is 4.42 Å². The lowest BCUT2D eigenvalue weighted by Crippen LogP contribution is -2.47. The van der Waals surface area contributed by atoms with E-state index in [-0.39, 0.29) is 17.3 Å². The van der Waals surface area contributed by atoms with Crippen LogP contribution in [0.4, 0.5) is 13.2 Å². The summed E-state index contributed by atoms with van der Waals surface area (Å²) < 4.78 is 67.5. The molecule has 0 saturated heterocycles. The molecule has 0 amide bonds. The highest BCUT2D eigenvalue weighted by Crippen LogP contribution is 2.49. The first kappa shape index (κ1) is 12.9. The quantitative estimate of drug-likeness (QED) is 0.924. The lowest BCUT2D eigenvalue weighted by Gasteiger charge is -2.19. The first-order valence-electron chi connectivity index (χ1n) is 4.52. The van der Waals surface area contributed by atoms with Crippen molar-refractivity contribution in [3.8, 4) is 0 Å². The Kier molecular flexibility index (Phi) is 2.83. The molecule has 0 bridgehead atoms. The molecule has 1 aliphatic rings. The van der Waals surface area contributed by atoms with Gasteiger partial charge in [0.1, 0.15) is 5.54 Å². The number of hydrogen-bond donors (Lipinski definition) is 1. The molecular formula is C8H7BrF3NO3S. The van der Waals surface area contributed by atoms with Crippen LogP contribution in [0.3, 0.4) is 0 Å². The summed E-state index contributed by atoms with van der Waals surface area (Å²) in [5.41, 5.74) is -2.34. The average molecular weight is 334 g/mol. The van der Waals surface area contributed by atoms with Crippen LogP contribution in [0.5, 0.6) is 0 Å². The summed E-state index contributed by atoms with van der Waals surface area (Å²) in [5, 5.41) is -0.548. The fraction of sp³-hybridized carbons (Fsp3) is 0.500. The van der Waals surface area contributed by atoms with Crippen LogP contribution in [0.1, 0.15) is 12.8 Å². The van der Waals surface area contributed by atoms with E-state index in [1.807, 2.05) is 0 Å². The predicted molar refractivity (Wildman–Crippen MR) is 54.7 cm³/mol. The Balaban J connectivity index is 2.29. The molecule has 2 rings (SSSR count). The molecule has 1 aliphatic carbocycles. The lowest BCUT2D eigenvalue weighted by molar-refractivity contribution is -0.160. The van der Waals surface area contributed by atoms with E-state index >= 15 is 0 Å². The highest BCUT2D eigenvalue weighted by molar-refractivity contribution is 9.10. The molecule has 1 N–H and O–H groups in total. The Hall–Kier alpha value is -0.540. The zero-order chi connectivity index (χ0) is 12.9. The number of alkyl halides is 3. The van der Waals surface area contributed by atoms with Crippen LogP contribution in [0.15, 0.2) is 26.3 Å². The molecule has 1 fully saturated rings. The SMILES string of the molecule is O=S(=O)(NC1(C(F)(F)F)CC1)c1occc1Br. The molecule has 1 saturated carbocycles. The largest absolute Gasteiger partial charge is 0.451 e. The van der Waals surface area contributed by atoms with Crippen LogP contribution in [0.2, 0.25) is 0 Å². The molecule has 0 atom stereocenters. The van der Waals surface area contributed by atoms with E-state index in [9.17, 15) is 21.6 Å². The molecular weight excluding hydrogens is 327 g/mol. The van der Waals surface area contributed by atoms with Crippen molar-refractivity contribution < 1.29 is 26.0 Å². The first-order chi connectivity index (χ1) is 7.68. The number of sulfonamides is 1. The van der Waals surface area contributed by atoms with E-state index in [1.54, 1.807) is 4.72 Å². The third kappa shape index (κ3) is 2.23. The van der Waals surface area contributed by atoms with Crippen molar-refractivity contribution in [2.45, 2.75) is 29.6 Å². The van der Waals surface area contributed by atoms with Gasteiger partial charge in [0.05, 0.1) is 10.7 Å². The van der Waals surface area contributed by atoms with Crippen molar-refractivity contribution in [3.63, 3.8) is 0 Å². The molecule has 96 valence electrons. The second-order valence-corrected chi connectivity index (χ2v) is 6.18. The second kappa shape index (κ2) is 3.72. The minimum atomic E-state index is -4.60. The molecule has 0 aliphatic heterocycles. The molecule has 0 unspecified atom stereocenters. The van der Waals surface area contributed by atoms with Gasteiger partial charge >= 0.3 is 6.18 Å². The molecule has 1 aromatic heterocycles. The predicted octanol–water partition coefficient (Wildman–Crippen LogP) is 2.42. The van der Waals surface area contributed by atoms with Gasteiger partial charge in [0.15, 0.2) is 0 Å². The Morgan fingerprint density at radius 3 is 2.35 bits per heavy atom. The first-order valence-corrected chi connectivity index (χ1v) is 6.79. The van der Waals surface area contributed by atoms with Crippen LogP contribution in [-0.4, -0.2) is 20.1 Å². The molecule has 0 aromatic carbocycles. The van der Waals surface area contributed by atoms with Crippen LogP contribution in [0, 0.1) is 0 Å². The van der Waals surface area contributed by atoms with E-state index in [2.05, 4.69) is 20.3 Å². The number of halogens is 4. The molecule has 1 heterocycles. The van der Waals surface area contributed by atoms with Gasteiger partial charge in [0, 0.05) is 0 Å². The summed E-state index contributed by atoms with van der Waals surface area (Å²) >= 11 is 2.89. The van der Waals surface area contributed by atoms with E-state index in [4.69, 9.17) is 0 Å². The van der Waals surface area contributed by atoms with Crippen molar-refractivity contribution >= 4 is 26.0 Å². The van der Waals surface area contributed by atoms with Gasteiger partial charge in [-0.15, -0.1) is 0 Å². The molecule has 1 aromatic rings. The Labute approximate surface area is 103 Å². The summed E-state index contributed by atoms with van der Waals surface area (Å²) in [5.74, 6) is 0. The molecule has 0 spiro atoms. The molecule has 0 radical (unpaired) electrons. The number of rotatable bonds is 3. The monoisotopic (exact) mass is 333 g/mol. The zero-order valence-corrected chi connectivity index (χ0v) is 10.6. The highest BCUT2D eigenvalue weighted by Gasteiger charge is 2.65. The van der Waals surface area contributed by atoms with Crippen molar-refractivity contribution in [2.75, 3.05) is 0 Å². The van der Waals surface area contributed by atoms with Gasteiger partial charge in [-0.3, -0.25) is 0 Å². The van der Waals surface area contributed by atoms with Gasteiger partial charge in [-0.1, -0.05) is 0 Å². The van der Waals surface area contributed by atoms with Crippen LogP contribution < -0.4 is 4.72 Å². The number of hydrogen-bond acceptors (Lipinski definition) is 3. The maximum atomic E-state index is 12.6. The number of furan rings is 1. The van der Waals surface area contributed by atoms with Gasteiger partial charge in [-0.2, -0.15) is 17.9 Å². The lowest BCUT2D eigenvalue weighted by atomic mass is 10.3. The Morgan fingerprint density at radius 2 is 2.00 bits per heavy atom. The van der Waals surface area contributed by atoms with Crippen LogP contribution in [0.25, 0.3) is 0 Å². The van der Waals surface area contributed by atoms with E-state index in [0.717, 1.165) is 6.26 Å².